The summed E-state index contributed by atoms with van der Waals surface area (Å²) in [6.45, 7) is 0.365. The Bertz CT molecular complexity index is 63.1. The van der Waals surface area contributed by atoms with Crippen LogP contribution in [0.4, 0.5) is 0 Å². The highest BCUT2D eigenvalue weighted by atomic mass is 127. The first kappa shape index (κ1) is 12.0. The molecule has 0 aromatic rings. The van der Waals surface area contributed by atoms with E-state index < -0.39 is 0 Å². The molecule has 3 heteroatoms. The van der Waals surface area contributed by atoms with E-state index in [4.69, 9.17) is 5.11 Å². The van der Waals surface area contributed by atoms with Gasteiger partial charge in [0, 0.05) is 12.4 Å². The van der Waals surface area contributed by atoms with Crippen molar-refractivity contribution < 1.29 is 5.11 Å². The van der Waals surface area contributed by atoms with E-state index in [9.17, 15) is 0 Å². The smallest absolute Gasteiger partial charge is 0.0431 e. The summed E-state index contributed by atoms with van der Waals surface area (Å²) in [6.07, 6.45) is 7.55. The standard InChI is InChI=1S/C8H17IOS/c9-11-8-6-4-2-1-3-5-7-10/h10H,1-8H2. The highest BCUT2D eigenvalue weighted by molar-refractivity contribution is 14.2. The second-order valence-corrected chi connectivity index (χ2v) is 5.15. The maximum atomic E-state index is 8.50. The molecule has 0 amide bonds. The van der Waals surface area contributed by atoms with Crippen LogP contribution in [0.5, 0.6) is 0 Å². The fraction of sp³-hybridized carbons (Fsp3) is 1.00. The maximum Gasteiger partial charge on any atom is 0.0431 e. The topological polar surface area (TPSA) is 20.2 Å². The van der Waals surface area contributed by atoms with E-state index in [1.54, 1.807) is 0 Å². The van der Waals surface area contributed by atoms with Gasteiger partial charge in [-0.15, -0.1) is 0 Å². The predicted molar refractivity (Wildman–Crippen MR) is 61.3 cm³/mol. The van der Waals surface area contributed by atoms with Crippen molar-refractivity contribution in [3.05, 3.63) is 0 Å². The first-order valence-corrected chi connectivity index (χ1v) is 7.79. The lowest BCUT2D eigenvalue weighted by atomic mass is 10.1. The zero-order valence-electron chi connectivity index (χ0n) is 6.89. The average Bonchev–Trinajstić information content (AvgIpc) is 2.03. The van der Waals surface area contributed by atoms with E-state index in [2.05, 4.69) is 21.2 Å². The van der Waals surface area contributed by atoms with Crippen LogP contribution >= 0.6 is 30.1 Å². The molecule has 1 nitrogen and oxygen atoms in total. The molecule has 0 saturated carbocycles. The number of rotatable bonds is 8. The normalized spacial score (nSPS) is 10.4. The molecule has 0 unspecified atom stereocenters. The predicted octanol–water partition coefficient (Wildman–Crippen LogP) is 3.40. The van der Waals surface area contributed by atoms with Crippen molar-refractivity contribution >= 4 is 30.1 Å². The van der Waals surface area contributed by atoms with Crippen molar-refractivity contribution in [1.82, 2.24) is 0 Å². The van der Waals surface area contributed by atoms with E-state index >= 15 is 0 Å². The molecule has 0 fully saturated rings. The highest BCUT2D eigenvalue weighted by Crippen LogP contribution is 2.14. The van der Waals surface area contributed by atoms with E-state index in [0.717, 1.165) is 6.42 Å². The van der Waals surface area contributed by atoms with Crippen LogP contribution in [0.1, 0.15) is 38.5 Å². The van der Waals surface area contributed by atoms with Gasteiger partial charge in [0.2, 0.25) is 0 Å². The van der Waals surface area contributed by atoms with Gasteiger partial charge in [-0.3, -0.25) is 0 Å². The van der Waals surface area contributed by atoms with Crippen LogP contribution in [0.2, 0.25) is 0 Å². The molecule has 0 aliphatic heterocycles. The van der Waals surface area contributed by atoms with Gasteiger partial charge >= 0.3 is 0 Å². The fourth-order valence-corrected chi connectivity index (χ4v) is 2.22. The number of hydrogen-bond acceptors (Lipinski definition) is 2. The van der Waals surface area contributed by atoms with Gasteiger partial charge in [0.15, 0.2) is 0 Å². The monoisotopic (exact) mass is 288 g/mol. The molecule has 0 radical (unpaired) electrons. The molecule has 0 saturated heterocycles. The van der Waals surface area contributed by atoms with Crippen LogP contribution in [0, 0.1) is 0 Å². The minimum atomic E-state index is 0.365. The number of halogens is 1. The van der Waals surface area contributed by atoms with Crippen LogP contribution < -0.4 is 0 Å². The van der Waals surface area contributed by atoms with Gasteiger partial charge in [0.05, 0.1) is 0 Å². The lowest BCUT2D eigenvalue weighted by molar-refractivity contribution is 0.282. The Balaban J connectivity index is 2.69. The fourth-order valence-electron chi connectivity index (χ4n) is 0.976. The third-order valence-corrected chi connectivity index (χ3v) is 3.39. The molecule has 0 heterocycles. The molecule has 0 atom stereocenters. The number of unbranched alkanes of at least 4 members (excludes halogenated alkanes) is 5. The van der Waals surface area contributed by atoms with Crippen LogP contribution in [0.15, 0.2) is 0 Å². The largest absolute Gasteiger partial charge is 0.396 e. The van der Waals surface area contributed by atoms with E-state index in [0.29, 0.717) is 6.61 Å². The molecule has 0 bridgehead atoms. The van der Waals surface area contributed by atoms with E-state index in [-0.39, 0.29) is 0 Å². The third-order valence-electron chi connectivity index (χ3n) is 1.63. The van der Waals surface area contributed by atoms with Crippen LogP contribution in [0.3, 0.4) is 0 Å². The Hall–Kier alpha value is 1.04. The van der Waals surface area contributed by atoms with Crippen molar-refractivity contribution in [3.8, 4) is 0 Å². The van der Waals surface area contributed by atoms with Crippen molar-refractivity contribution in [2.45, 2.75) is 38.5 Å². The van der Waals surface area contributed by atoms with Gasteiger partial charge < -0.3 is 5.11 Å². The van der Waals surface area contributed by atoms with Gasteiger partial charge in [-0.25, -0.2) is 0 Å². The summed E-state index contributed by atoms with van der Waals surface area (Å²) in [7, 11) is 1.90. The summed E-state index contributed by atoms with van der Waals surface area (Å²) in [5.74, 6) is 1.29. The Morgan fingerprint density at radius 2 is 1.45 bits per heavy atom. The first-order chi connectivity index (χ1) is 5.41. The highest BCUT2D eigenvalue weighted by Gasteiger charge is 1.89. The molecular weight excluding hydrogens is 271 g/mol. The van der Waals surface area contributed by atoms with Crippen molar-refractivity contribution in [1.29, 1.82) is 0 Å². The maximum absolute atomic E-state index is 8.50. The molecule has 0 spiro atoms. The summed E-state index contributed by atoms with van der Waals surface area (Å²) in [4.78, 5) is 0. The molecule has 0 aromatic carbocycles. The minimum Gasteiger partial charge on any atom is -0.396 e. The lowest BCUT2D eigenvalue weighted by Gasteiger charge is -1.98. The Kier molecular flexibility index (Phi) is 12.1. The van der Waals surface area contributed by atoms with Gasteiger partial charge in [-0.1, -0.05) is 34.6 Å². The molecule has 1 N–H and O–H groups in total. The van der Waals surface area contributed by atoms with Gasteiger partial charge in [0.1, 0.15) is 0 Å². The quantitative estimate of drug-likeness (QED) is 0.545. The van der Waals surface area contributed by atoms with E-state index in [1.807, 2.05) is 8.93 Å². The van der Waals surface area contributed by atoms with Crippen molar-refractivity contribution in [2.24, 2.45) is 0 Å². The second-order valence-electron chi connectivity index (χ2n) is 2.66. The Morgan fingerprint density at radius 3 is 2.00 bits per heavy atom. The number of aliphatic hydroxyl groups is 1. The zero-order valence-corrected chi connectivity index (χ0v) is 9.86. The molecule has 0 aliphatic carbocycles. The lowest BCUT2D eigenvalue weighted by Crippen LogP contribution is -1.84. The van der Waals surface area contributed by atoms with Crippen LogP contribution in [-0.4, -0.2) is 17.5 Å². The average molecular weight is 288 g/mol. The number of aliphatic hydroxyl groups excluding tert-OH is 1. The van der Waals surface area contributed by atoms with Gasteiger partial charge in [-0.05, 0) is 34.0 Å². The Morgan fingerprint density at radius 1 is 0.909 bits per heavy atom. The van der Waals surface area contributed by atoms with E-state index in [1.165, 1.54) is 37.9 Å². The van der Waals surface area contributed by atoms with Gasteiger partial charge in [0.25, 0.3) is 0 Å². The Labute approximate surface area is 85.9 Å². The molecule has 0 aliphatic rings. The van der Waals surface area contributed by atoms with Crippen molar-refractivity contribution in [3.63, 3.8) is 0 Å². The second kappa shape index (κ2) is 11.0. The van der Waals surface area contributed by atoms with Gasteiger partial charge in [-0.2, -0.15) is 0 Å². The van der Waals surface area contributed by atoms with Crippen LogP contribution in [-0.2, 0) is 0 Å². The van der Waals surface area contributed by atoms with Crippen LogP contribution in [0.25, 0.3) is 0 Å². The third kappa shape index (κ3) is 11.0. The summed E-state index contributed by atoms with van der Waals surface area (Å²) >= 11 is 2.35. The SMILES string of the molecule is OCCCCCCCCSI. The molecule has 0 aromatic heterocycles. The molecule has 0 rings (SSSR count). The zero-order chi connectivity index (χ0) is 8.36. The molecular formula is C8H17IOS. The summed E-state index contributed by atoms with van der Waals surface area (Å²) in [5, 5.41) is 8.50. The first-order valence-electron chi connectivity index (χ1n) is 4.26. The summed E-state index contributed by atoms with van der Waals surface area (Å²) in [5.41, 5.74) is 0. The molecule has 68 valence electrons. The molecule has 11 heavy (non-hydrogen) atoms. The number of hydrogen-bond donors (Lipinski definition) is 1. The van der Waals surface area contributed by atoms with Crippen molar-refractivity contribution in [2.75, 3.05) is 12.4 Å². The summed E-state index contributed by atoms with van der Waals surface area (Å²) in [6, 6.07) is 0. The summed E-state index contributed by atoms with van der Waals surface area (Å²) < 4.78 is 0. The minimum absolute atomic E-state index is 0.365.